The fraction of sp³-hybridized carbons (Fsp3) is 0.370. The van der Waals surface area contributed by atoms with Crippen LogP contribution in [0.5, 0.6) is 17.4 Å². The Labute approximate surface area is 212 Å². The molecule has 0 amide bonds. The number of rotatable bonds is 8. The summed E-state index contributed by atoms with van der Waals surface area (Å²) in [7, 11) is -3.73. The van der Waals surface area contributed by atoms with Crippen LogP contribution < -0.4 is 19.1 Å². The van der Waals surface area contributed by atoms with Crippen LogP contribution in [0.3, 0.4) is 0 Å². The predicted octanol–water partition coefficient (Wildman–Crippen LogP) is 4.25. The summed E-state index contributed by atoms with van der Waals surface area (Å²) in [6.45, 7) is 7.53. The van der Waals surface area contributed by atoms with Crippen LogP contribution in [0, 0.1) is 0 Å². The van der Waals surface area contributed by atoms with Crippen LogP contribution in [0.4, 0.5) is 5.69 Å². The van der Waals surface area contributed by atoms with Gasteiger partial charge in [0, 0.05) is 49.1 Å². The number of nitrogens with zero attached hydrogens (tertiary/aromatic N) is 2. The molecule has 3 aromatic rings. The maximum absolute atomic E-state index is 13.2. The zero-order valence-corrected chi connectivity index (χ0v) is 21.4. The summed E-state index contributed by atoms with van der Waals surface area (Å²) in [6.07, 6.45) is 3.02. The average molecular weight is 510 g/mol. The van der Waals surface area contributed by atoms with Gasteiger partial charge in [0.2, 0.25) is 15.9 Å². The Morgan fingerprint density at radius 3 is 2.75 bits per heavy atom. The molecule has 0 bridgehead atoms. The lowest BCUT2D eigenvalue weighted by Crippen LogP contribution is -2.36. The highest BCUT2D eigenvalue weighted by molar-refractivity contribution is 7.89. The molecule has 1 unspecified atom stereocenters. The van der Waals surface area contributed by atoms with Crippen molar-refractivity contribution in [2.45, 2.75) is 37.6 Å². The lowest BCUT2D eigenvalue weighted by molar-refractivity contribution is 0.122. The summed E-state index contributed by atoms with van der Waals surface area (Å²) >= 11 is 0. The zero-order chi connectivity index (χ0) is 25.1. The SMILES string of the molecule is CCc1c(C(C)NS(=O)(=O)c2ccc3c(c2)CCO3)ccnc1Oc1cccc(N2CCOCC2)c1. The minimum Gasteiger partial charge on any atom is -0.493 e. The van der Waals surface area contributed by atoms with Crippen LogP contribution in [0.15, 0.2) is 59.6 Å². The molecule has 1 atom stereocenters. The van der Waals surface area contributed by atoms with E-state index in [1.165, 1.54) is 0 Å². The Kier molecular flexibility index (Phi) is 7.13. The van der Waals surface area contributed by atoms with Crippen molar-refractivity contribution in [2.75, 3.05) is 37.8 Å². The van der Waals surface area contributed by atoms with E-state index in [9.17, 15) is 8.42 Å². The van der Waals surface area contributed by atoms with Crippen molar-refractivity contribution in [1.29, 1.82) is 0 Å². The van der Waals surface area contributed by atoms with E-state index in [1.54, 1.807) is 24.4 Å². The van der Waals surface area contributed by atoms with Gasteiger partial charge in [-0.3, -0.25) is 0 Å². The van der Waals surface area contributed by atoms with Gasteiger partial charge >= 0.3 is 0 Å². The lowest BCUT2D eigenvalue weighted by Gasteiger charge is -2.29. The Morgan fingerprint density at radius 1 is 1.11 bits per heavy atom. The van der Waals surface area contributed by atoms with Crippen molar-refractivity contribution >= 4 is 15.7 Å². The summed E-state index contributed by atoms with van der Waals surface area (Å²) in [5.74, 6) is 1.92. The van der Waals surface area contributed by atoms with Crippen LogP contribution in [0.1, 0.15) is 36.6 Å². The van der Waals surface area contributed by atoms with Crippen molar-refractivity contribution in [3.05, 3.63) is 71.4 Å². The molecule has 2 aliphatic rings. The summed E-state index contributed by atoms with van der Waals surface area (Å²) in [6, 6.07) is 14.3. The molecule has 0 radical (unpaired) electrons. The Balaban J connectivity index is 1.36. The van der Waals surface area contributed by atoms with Gasteiger partial charge in [-0.1, -0.05) is 13.0 Å². The molecular weight excluding hydrogens is 478 g/mol. The van der Waals surface area contributed by atoms with Crippen LogP contribution in [0.25, 0.3) is 0 Å². The second kappa shape index (κ2) is 10.5. The second-order valence-electron chi connectivity index (χ2n) is 8.95. The van der Waals surface area contributed by atoms with Crippen LogP contribution in [-0.4, -0.2) is 46.3 Å². The number of sulfonamides is 1. The van der Waals surface area contributed by atoms with Gasteiger partial charge in [-0.25, -0.2) is 18.1 Å². The monoisotopic (exact) mass is 509 g/mol. The summed E-state index contributed by atoms with van der Waals surface area (Å²) in [4.78, 5) is 6.98. The molecule has 2 aliphatic heterocycles. The van der Waals surface area contributed by atoms with E-state index in [2.05, 4.69) is 20.7 Å². The van der Waals surface area contributed by atoms with Crippen molar-refractivity contribution in [2.24, 2.45) is 0 Å². The number of benzene rings is 2. The lowest BCUT2D eigenvalue weighted by atomic mass is 10.0. The number of aromatic nitrogens is 1. The highest BCUT2D eigenvalue weighted by Gasteiger charge is 2.24. The fourth-order valence-corrected chi connectivity index (χ4v) is 5.98. The van der Waals surface area contributed by atoms with E-state index < -0.39 is 16.1 Å². The van der Waals surface area contributed by atoms with Crippen molar-refractivity contribution in [3.63, 3.8) is 0 Å². The maximum Gasteiger partial charge on any atom is 0.241 e. The van der Waals surface area contributed by atoms with E-state index in [0.717, 1.165) is 41.2 Å². The Bertz CT molecular complexity index is 1340. The predicted molar refractivity (Wildman–Crippen MR) is 138 cm³/mol. The van der Waals surface area contributed by atoms with E-state index in [4.69, 9.17) is 14.2 Å². The van der Waals surface area contributed by atoms with Crippen molar-refractivity contribution < 1.29 is 22.6 Å². The minimum atomic E-state index is -3.73. The summed E-state index contributed by atoms with van der Waals surface area (Å²) in [5, 5.41) is 0. The maximum atomic E-state index is 13.2. The molecule has 8 nitrogen and oxygen atoms in total. The second-order valence-corrected chi connectivity index (χ2v) is 10.7. The van der Waals surface area contributed by atoms with Crippen LogP contribution >= 0.6 is 0 Å². The molecule has 0 spiro atoms. The molecule has 36 heavy (non-hydrogen) atoms. The van der Waals surface area contributed by atoms with Gasteiger partial charge in [0.15, 0.2) is 0 Å². The van der Waals surface area contributed by atoms with Gasteiger partial charge in [-0.15, -0.1) is 0 Å². The molecule has 190 valence electrons. The first kappa shape index (κ1) is 24.5. The standard InChI is InChI=1S/C27H31N3O5S/c1-3-24-25(19(2)29-36(31,32)23-7-8-26-20(17-23)10-14-34-26)9-11-28-27(24)35-22-6-4-5-21(18-22)30-12-15-33-16-13-30/h4-9,11,17-19,29H,3,10,12-16H2,1-2H3. The summed E-state index contributed by atoms with van der Waals surface area (Å²) < 4.78 is 46.4. The molecule has 5 rings (SSSR count). The van der Waals surface area contributed by atoms with Crippen LogP contribution in [0.2, 0.25) is 0 Å². The molecule has 0 saturated carbocycles. The topological polar surface area (TPSA) is 90.0 Å². The van der Waals surface area contributed by atoms with Crippen molar-refractivity contribution in [3.8, 4) is 17.4 Å². The number of hydrogen-bond acceptors (Lipinski definition) is 7. The number of ether oxygens (including phenoxy) is 3. The molecule has 3 heterocycles. The van der Waals surface area contributed by atoms with E-state index in [0.29, 0.717) is 44.3 Å². The van der Waals surface area contributed by atoms with Gasteiger partial charge in [-0.2, -0.15) is 0 Å². The van der Waals surface area contributed by atoms with E-state index in [1.807, 2.05) is 38.1 Å². The van der Waals surface area contributed by atoms with Gasteiger partial charge in [-0.05, 0) is 60.9 Å². The Hall–Kier alpha value is -3.14. The molecule has 1 N–H and O–H groups in total. The molecule has 9 heteroatoms. The van der Waals surface area contributed by atoms with Gasteiger partial charge in [0.25, 0.3) is 0 Å². The number of morpholine rings is 1. The Morgan fingerprint density at radius 2 is 1.94 bits per heavy atom. The number of fused-ring (bicyclic) bond motifs is 1. The molecule has 0 aliphatic carbocycles. The normalized spacial score (nSPS) is 16.3. The first-order valence-corrected chi connectivity index (χ1v) is 13.8. The number of pyridine rings is 1. The van der Waals surface area contributed by atoms with E-state index >= 15 is 0 Å². The molecule has 1 saturated heterocycles. The van der Waals surface area contributed by atoms with Crippen LogP contribution in [-0.2, 0) is 27.6 Å². The average Bonchev–Trinajstić information content (AvgIpc) is 3.37. The quantitative estimate of drug-likeness (QED) is 0.486. The highest BCUT2D eigenvalue weighted by Crippen LogP contribution is 2.32. The smallest absolute Gasteiger partial charge is 0.241 e. The van der Waals surface area contributed by atoms with Gasteiger partial charge in [0.1, 0.15) is 11.5 Å². The first-order valence-electron chi connectivity index (χ1n) is 12.3. The number of nitrogens with one attached hydrogen (secondary N) is 1. The van der Waals surface area contributed by atoms with Crippen molar-refractivity contribution in [1.82, 2.24) is 9.71 Å². The molecule has 2 aromatic carbocycles. The third-order valence-electron chi connectivity index (χ3n) is 6.58. The molecule has 1 fully saturated rings. The zero-order valence-electron chi connectivity index (χ0n) is 20.6. The van der Waals surface area contributed by atoms with Gasteiger partial charge in [0.05, 0.1) is 24.7 Å². The third kappa shape index (κ3) is 5.18. The first-order chi connectivity index (χ1) is 17.4. The highest BCUT2D eigenvalue weighted by atomic mass is 32.2. The minimum absolute atomic E-state index is 0.238. The number of anilines is 1. The van der Waals surface area contributed by atoms with Gasteiger partial charge < -0.3 is 19.1 Å². The molecule has 1 aromatic heterocycles. The largest absolute Gasteiger partial charge is 0.493 e. The number of hydrogen-bond donors (Lipinski definition) is 1. The molecular formula is C27H31N3O5S. The summed E-state index contributed by atoms with van der Waals surface area (Å²) in [5.41, 5.74) is 3.69. The van der Waals surface area contributed by atoms with E-state index in [-0.39, 0.29) is 4.90 Å². The fourth-order valence-electron chi connectivity index (χ4n) is 4.71. The third-order valence-corrected chi connectivity index (χ3v) is 8.12.